The minimum absolute atomic E-state index is 0.162. The molecule has 34 heavy (non-hydrogen) atoms. The summed E-state index contributed by atoms with van der Waals surface area (Å²) in [5.74, 6) is -1.73. The van der Waals surface area contributed by atoms with Crippen molar-refractivity contribution in [1.82, 2.24) is 24.5 Å². The summed E-state index contributed by atoms with van der Waals surface area (Å²) in [4.78, 5) is 38.9. The second-order valence-corrected chi connectivity index (χ2v) is 8.06. The molecule has 5 rings (SSSR count). The molecule has 1 aliphatic heterocycles. The fourth-order valence-corrected chi connectivity index (χ4v) is 4.49. The van der Waals surface area contributed by atoms with E-state index < -0.39 is 35.1 Å². The Morgan fingerprint density at radius 1 is 1.12 bits per heavy atom. The molecule has 0 saturated heterocycles. The summed E-state index contributed by atoms with van der Waals surface area (Å²) in [6, 6.07) is 15.7. The van der Waals surface area contributed by atoms with Crippen molar-refractivity contribution in [3.8, 4) is 5.75 Å². The number of ether oxygens (including phenoxy) is 1. The van der Waals surface area contributed by atoms with Gasteiger partial charge in [-0.05, 0) is 11.6 Å². The van der Waals surface area contributed by atoms with Crippen molar-refractivity contribution >= 4 is 22.8 Å². The number of aromatic hydroxyl groups is 1. The zero-order chi connectivity index (χ0) is 24.0. The summed E-state index contributed by atoms with van der Waals surface area (Å²) in [5.41, 5.74) is 0.767. The molecular formula is C24H21N5O5. The molecule has 1 aliphatic rings. The van der Waals surface area contributed by atoms with Crippen molar-refractivity contribution in [1.29, 1.82) is 0 Å². The monoisotopic (exact) mass is 459 g/mol. The zero-order valence-electron chi connectivity index (χ0n) is 18.5. The van der Waals surface area contributed by atoms with Crippen molar-refractivity contribution in [3.63, 3.8) is 0 Å². The Morgan fingerprint density at radius 2 is 1.82 bits per heavy atom. The Labute approximate surface area is 193 Å². The van der Waals surface area contributed by atoms with Crippen molar-refractivity contribution in [2.75, 3.05) is 20.7 Å². The van der Waals surface area contributed by atoms with Crippen LogP contribution in [0.5, 0.6) is 5.75 Å². The Bertz CT molecular complexity index is 1480. The second kappa shape index (κ2) is 8.14. The zero-order valence-corrected chi connectivity index (χ0v) is 18.5. The minimum atomic E-state index is -0.734. The van der Waals surface area contributed by atoms with Crippen molar-refractivity contribution in [3.05, 3.63) is 88.0 Å². The van der Waals surface area contributed by atoms with E-state index in [0.717, 1.165) is 11.8 Å². The third kappa shape index (κ3) is 3.22. The van der Waals surface area contributed by atoms with Gasteiger partial charge in [-0.3, -0.25) is 14.3 Å². The van der Waals surface area contributed by atoms with Gasteiger partial charge in [0.05, 0.1) is 24.9 Å². The van der Waals surface area contributed by atoms with Crippen LogP contribution in [0.25, 0.3) is 10.9 Å². The van der Waals surface area contributed by atoms with Gasteiger partial charge in [0.2, 0.25) is 5.43 Å². The molecule has 2 atom stereocenters. The number of nitrogens with zero attached hydrogens (tertiary/aromatic N) is 5. The normalized spacial score (nSPS) is 16.4. The molecule has 10 nitrogen and oxygen atoms in total. The van der Waals surface area contributed by atoms with Gasteiger partial charge in [-0.1, -0.05) is 48.5 Å². The number of carbonyl (C=O) groups is 2. The first-order chi connectivity index (χ1) is 16.4. The van der Waals surface area contributed by atoms with E-state index in [0.29, 0.717) is 10.9 Å². The number of rotatable bonds is 4. The summed E-state index contributed by atoms with van der Waals surface area (Å²) in [7, 11) is 2.89. The number of esters is 1. The highest BCUT2D eigenvalue weighted by molar-refractivity contribution is 6.02. The molecule has 0 spiro atoms. The first-order valence-electron chi connectivity index (χ1n) is 10.6. The maximum absolute atomic E-state index is 12.9. The third-order valence-corrected chi connectivity index (χ3v) is 6.07. The Hall–Kier alpha value is -4.47. The minimum Gasteiger partial charge on any atom is -0.502 e. The smallest absolute Gasteiger partial charge is 0.359 e. The molecule has 4 aromatic rings. The van der Waals surface area contributed by atoms with Crippen molar-refractivity contribution in [2.24, 2.45) is 0 Å². The number of hydrogen-bond donors (Lipinski definition) is 1. The molecule has 172 valence electrons. The fourth-order valence-electron chi connectivity index (χ4n) is 4.49. The lowest BCUT2D eigenvalue weighted by Crippen LogP contribution is -2.46. The third-order valence-electron chi connectivity index (χ3n) is 6.07. The Morgan fingerprint density at radius 3 is 2.56 bits per heavy atom. The number of para-hydroxylation sites is 1. The quantitative estimate of drug-likeness (QED) is 0.464. The van der Waals surface area contributed by atoms with Gasteiger partial charge in [-0.15, -0.1) is 0 Å². The van der Waals surface area contributed by atoms with Crippen LogP contribution in [-0.2, 0) is 4.74 Å². The fraction of sp³-hybridized carbons (Fsp3) is 0.208. The van der Waals surface area contributed by atoms with Crippen LogP contribution in [0.3, 0.4) is 0 Å². The lowest BCUT2D eigenvalue weighted by molar-refractivity contribution is 0.0594. The molecule has 10 heteroatoms. The molecule has 0 fully saturated rings. The van der Waals surface area contributed by atoms with Crippen molar-refractivity contribution < 1.29 is 19.4 Å². The lowest BCUT2D eigenvalue weighted by atomic mass is 9.96. The Balaban J connectivity index is 1.81. The molecule has 0 radical (unpaired) electrons. The molecule has 2 aromatic heterocycles. The van der Waals surface area contributed by atoms with E-state index in [1.165, 1.54) is 16.7 Å². The summed E-state index contributed by atoms with van der Waals surface area (Å²) in [6.45, 7) is 0.225. The standard InChI is InChI=1S/C24H21N5O5/c1-27-13-17(28-21(23(27)32)22(31)18(30)12-25-28)20(14-8-4-3-5-9-14)29-16-11-7-6-10-15(16)19(26-29)24(33)34-2/h3-12,17,20,31H,13H2,1-2H3/t17-,20-/m1/s1. The van der Waals surface area contributed by atoms with Gasteiger partial charge in [0, 0.05) is 19.0 Å². The van der Waals surface area contributed by atoms with Crippen LogP contribution in [-0.4, -0.2) is 62.1 Å². The predicted molar refractivity (Wildman–Crippen MR) is 122 cm³/mol. The van der Waals surface area contributed by atoms with E-state index in [1.54, 1.807) is 17.8 Å². The van der Waals surface area contributed by atoms with Gasteiger partial charge in [-0.2, -0.15) is 10.2 Å². The average Bonchev–Trinajstić information content (AvgIpc) is 3.24. The van der Waals surface area contributed by atoms with Crippen LogP contribution >= 0.6 is 0 Å². The van der Waals surface area contributed by atoms with E-state index in [1.807, 2.05) is 48.5 Å². The maximum atomic E-state index is 12.9. The van der Waals surface area contributed by atoms with E-state index in [4.69, 9.17) is 4.74 Å². The highest BCUT2D eigenvalue weighted by Gasteiger charge is 2.39. The largest absolute Gasteiger partial charge is 0.502 e. The number of aromatic nitrogens is 4. The lowest BCUT2D eigenvalue weighted by Gasteiger charge is -2.37. The number of hydrogen-bond acceptors (Lipinski definition) is 7. The summed E-state index contributed by atoms with van der Waals surface area (Å²) in [6.07, 6.45) is 0.994. The van der Waals surface area contributed by atoms with E-state index in [2.05, 4.69) is 10.2 Å². The van der Waals surface area contributed by atoms with Gasteiger partial charge in [0.15, 0.2) is 17.1 Å². The predicted octanol–water partition coefficient (Wildman–Crippen LogP) is 2.00. The van der Waals surface area contributed by atoms with Crippen LogP contribution in [0.2, 0.25) is 0 Å². The number of methoxy groups -OCH3 is 1. The number of benzene rings is 2. The molecule has 0 bridgehead atoms. The van der Waals surface area contributed by atoms with Crippen molar-refractivity contribution in [2.45, 2.75) is 12.1 Å². The number of amides is 1. The maximum Gasteiger partial charge on any atom is 0.359 e. The van der Waals surface area contributed by atoms with Gasteiger partial charge in [-0.25, -0.2) is 9.48 Å². The molecule has 3 heterocycles. The van der Waals surface area contributed by atoms with Crippen LogP contribution in [0.15, 0.2) is 65.6 Å². The van der Waals surface area contributed by atoms with Gasteiger partial charge in [0.25, 0.3) is 5.91 Å². The summed E-state index contributed by atoms with van der Waals surface area (Å²) in [5, 5.41) is 19.9. The van der Waals surface area contributed by atoms with Gasteiger partial charge >= 0.3 is 5.97 Å². The summed E-state index contributed by atoms with van der Waals surface area (Å²) < 4.78 is 8.05. The van der Waals surface area contributed by atoms with E-state index >= 15 is 0 Å². The first kappa shape index (κ1) is 21.4. The van der Waals surface area contributed by atoms with E-state index in [9.17, 15) is 19.5 Å². The SMILES string of the molecule is COC(=O)c1nn([C@H](c2ccccc2)[C@H]2CN(C)C(=O)c3c(O)c(=O)cnn32)c2ccccc12. The molecule has 0 aliphatic carbocycles. The molecule has 0 unspecified atom stereocenters. The van der Waals surface area contributed by atoms with Crippen LogP contribution in [0.1, 0.15) is 38.6 Å². The van der Waals surface area contributed by atoms with Gasteiger partial charge < -0.3 is 14.7 Å². The number of fused-ring (bicyclic) bond motifs is 2. The molecule has 0 saturated carbocycles. The number of carbonyl (C=O) groups excluding carboxylic acids is 2. The second-order valence-electron chi connectivity index (χ2n) is 8.06. The Kier molecular flexibility index (Phi) is 5.12. The molecule has 1 amide bonds. The molecule has 1 N–H and O–H groups in total. The number of likely N-dealkylation sites (N-methyl/N-ethyl adjacent to an activating group) is 1. The first-order valence-corrected chi connectivity index (χ1v) is 10.6. The molecule has 2 aromatic carbocycles. The van der Waals surface area contributed by atoms with Crippen LogP contribution in [0, 0.1) is 0 Å². The molecular weight excluding hydrogens is 438 g/mol. The highest BCUT2D eigenvalue weighted by Crippen LogP contribution is 2.37. The van der Waals surface area contributed by atoms with Crippen LogP contribution in [0.4, 0.5) is 0 Å². The van der Waals surface area contributed by atoms with Crippen LogP contribution < -0.4 is 5.43 Å². The van der Waals surface area contributed by atoms with Gasteiger partial charge in [0.1, 0.15) is 6.04 Å². The topological polar surface area (TPSA) is 120 Å². The highest BCUT2D eigenvalue weighted by atomic mass is 16.5. The summed E-state index contributed by atoms with van der Waals surface area (Å²) >= 11 is 0. The van der Waals surface area contributed by atoms with E-state index in [-0.39, 0.29) is 17.9 Å². The average molecular weight is 459 g/mol.